The number of ether oxygens (including phenoxy) is 1. The highest BCUT2D eigenvalue weighted by Crippen LogP contribution is 2.40. The first kappa shape index (κ1) is 17.4. The van der Waals surface area contributed by atoms with Gasteiger partial charge in [0.1, 0.15) is 11.6 Å². The maximum absolute atomic E-state index is 13.7. The Morgan fingerprint density at radius 1 is 1.44 bits per heavy atom. The molecule has 2 atom stereocenters. The van der Waals surface area contributed by atoms with E-state index < -0.39 is 18.5 Å². The summed E-state index contributed by atoms with van der Waals surface area (Å²) in [5.41, 5.74) is 0.620. The fourth-order valence-corrected chi connectivity index (χ4v) is 3.23. The molecule has 1 aliphatic heterocycles. The van der Waals surface area contributed by atoms with E-state index in [1.807, 2.05) is 4.90 Å². The summed E-state index contributed by atoms with van der Waals surface area (Å²) in [6.07, 6.45) is 1.73. The van der Waals surface area contributed by atoms with Crippen LogP contribution in [0.2, 0.25) is 0 Å². The van der Waals surface area contributed by atoms with Crippen molar-refractivity contribution in [1.29, 1.82) is 0 Å². The number of methoxy groups -OCH3 is 1. The number of aliphatic hydroxyl groups is 2. The minimum Gasteiger partial charge on any atom is -0.492 e. The zero-order valence-corrected chi connectivity index (χ0v) is 13.8. The number of hydrogen-bond donors (Lipinski definition) is 3. The van der Waals surface area contributed by atoms with Crippen molar-refractivity contribution in [2.24, 2.45) is 0 Å². The minimum absolute atomic E-state index is 0.0359. The number of aliphatic hydroxyl groups excluding tert-OH is 2. The quantitative estimate of drug-likeness (QED) is 0.707. The number of aromatic nitrogens is 3. The molecule has 3 rings (SSSR count). The van der Waals surface area contributed by atoms with Crippen molar-refractivity contribution in [2.75, 3.05) is 25.2 Å². The summed E-state index contributed by atoms with van der Waals surface area (Å²) >= 11 is 0. The van der Waals surface area contributed by atoms with E-state index >= 15 is 0 Å². The largest absolute Gasteiger partial charge is 0.492 e. The van der Waals surface area contributed by atoms with Crippen molar-refractivity contribution in [3.8, 4) is 11.8 Å². The van der Waals surface area contributed by atoms with Gasteiger partial charge in [-0.25, -0.2) is 14.1 Å². The molecule has 2 aromatic heterocycles. The van der Waals surface area contributed by atoms with Crippen molar-refractivity contribution in [3.63, 3.8) is 0 Å². The van der Waals surface area contributed by atoms with Gasteiger partial charge in [0.25, 0.3) is 0 Å². The van der Waals surface area contributed by atoms with E-state index in [1.54, 1.807) is 0 Å². The summed E-state index contributed by atoms with van der Waals surface area (Å²) in [6.45, 7) is 0.296. The van der Waals surface area contributed by atoms with Crippen molar-refractivity contribution >= 4 is 5.82 Å². The lowest BCUT2D eigenvalue weighted by Crippen LogP contribution is -2.29. The number of hydrogen-bond acceptors (Lipinski definition) is 7. The van der Waals surface area contributed by atoms with Gasteiger partial charge in [0.2, 0.25) is 11.8 Å². The summed E-state index contributed by atoms with van der Waals surface area (Å²) in [5, 5.41) is 32.5. The van der Waals surface area contributed by atoms with Crippen LogP contribution < -0.4 is 9.64 Å². The number of halogens is 1. The first-order valence-corrected chi connectivity index (χ1v) is 8.05. The van der Waals surface area contributed by atoms with Crippen LogP contribution in [0.3, 0.4) is 0 Å². The Labute approximate surface area is 144 Å². The van der Waals surface area contributed by atoms with Crippen molar-refractivity contribution in [1.82, 2.24) is 14.8 Å². The molecule has 1 aliphatic rings. The standard InChI is InChI=1S/C16H21FN4O4/c1-25-16-12(5-10(17)7-18-16)13-3-2-4-20(13)15-6-14(24)19-21(15)8-11(23)9-22/h5-7,11,13,22-23H,2-4,8-9H2,1H3,(H,19,24)/t11-,13+/m0/s1. The predicted molar refractivity (Wildman–Crippen MR) is 87.1 cm³/mol. The second-order valence-electron chi connectivity index (χ2n) is 5.98. The number of aromatic hydroxyl groups is 1. The average molecular weight is 352 g/mol. The number of rotatable bonds is 6. The van der Waals surface area contributed by atoms with Gasteiger partial charge >= 0.3 is 0 Å². The van der Waals surface area contributed by atoms with Crippen LogP contribution in [0.25, 0.3) is 0 Å². The van der Waals surface area contributed by atoms with Crippen LogP contribution in [0.15, 0.2) is 18.3 Å². The molecule has 1 fully saturated rings. The zero-order valence-electron chi connectivity index (χ0n) is 13.8. The molecule has 0 radical (unpaired) electrons. The molecule has 25 heavy (non-hydrogen) atoms. The van der Waals surface area contributed by atoms with E-state index in [1.165, 1.54) is 23.9 Å². The first-order valence-electron chi connectivity index (χ1n) is 8.05. The third kappa shape index (κ3) is 3.52. The van der Waals surface area contributed by atoms with E-state index in [4.69, 9.17) is 9.84 Å². The molecule has 2 aromatic rings. The molecule has 0 unspecified atom stereocenters. The van der Waals surface area contributed by atoms with E-state index in [0.29, 0.717) is 23.8 Å². The van der Waals surface area contributed by atoms with Gasteiger partial charge in [-0.15, -0.1) is 5.10 Å². The second-order valence-corrected chi connectivity index (χ2v) is 5.98. The normalized spacial score (nSPS) is 18.6. The van der Waals surface area contributed by atoms with Crippen LogP contribution in [0.1, 0.15) is 24.4 Å². The van der Waals surface area contributed by atoms with Crippen molar-refractivity contribution in [2.45, 2.75) is 31.5 Å². The Morgan fingerprint density at radius 3 is 2.96 bits per heavy atom. The predicted octanol–water partition coefficient (Wildman–Crippen LogP) is 0.826. The number of pyridine rings is 1. The Bertz CT molecular complexity index is 739. The van der Waals surface area contributed by atoms with Gasteiger partial charge in [0.15, 0.2) is 0 Å². The van der Waals surface area contributed by atoms with Gasteiger partial charge in [0, 0.05) is 18.2 Å². The fraction of sp³-hybridized carbons (Fsp3) is 0.500. The smallest absolute Gasteiger partial charge is 0.232 e. The highest BCUT2D eigenvalue weighted by atomic mass is 19.1. The Kier molecular flexibility index (Phi) is 5.05. The highest BCUT2D eigenvalue weighted by molar-refractivity contribution is 5.48. The van der Waals surface area contributed by atoms with Gasteiger partial charge in [-0.1, -0.05) is 0 Å². The van der Waals surface area contributed by atoms with Crippen LogP contribution in [-0.2, 0) is 6.54 Å². The molecular formula is C16H21FN4O4. The molecule has 9 heteroatoms. The summed E-state index contributed by atoms with van der Waals surface area (Å²) < 4.78 is 20.4. The lowest BCUT2D eigenvalue weighted by molar-refractivity contribution is 0.0782. The van der Waals surface area contributed by atoms with Crippen LogP contribution in [0, 0.1) is 5.82 Å². The molecule has 136 valence electrons. The van der Waals surface area contributed by atoms with E-state index in [9.17, 15) is 14.6 Å². The monoisotopic (exact) mass is 352 g/mol. The molecule has 3 heterocycles. The highest BCUT2D eigenvalue weighted by Gasteiger charge is 2.32. The number of anilines is 1. The molecule has 1 saturated heterocycles. The van der Waals surface area contributed by atoms with Crippen LogP contribution in [0.5, 0.6) is 11.8 Å². The van der Waals surface area contributed by atoms with Crippen molar-refractivity contribution < 1.29 is 24.4 Å². The Morgan fingerprint density at radius 2 is 2.24 bits per heavy atom. The summed E-state index contributed by atoms with van der Waals surface area (Å²) in [6, 6.07) is 2.69. The molecule has 3 N–H and O–H groups in total. The molecule has 8 nitrogen and oxygen atoms in total. The Balaban J connectivity index is 1.96. The van der Waals surface area contributed by atoms with Gasteiger partial charge < -0.3 is 25.0 Å². The SMILES string of the molecule is COc1ncc(F)cc1[C@H]1CCCN1c1cc(O)nn1C[C@H](O)CO. The Hall–Kier alpha value is -2.39. The van der Waals surface area contributed by atoms with E-state index in [2.05, 4.69) is 10.1 Å². The second kappa shape index (κ2) is 7.24. The fourth-order valence-electron chi connectivity index (χ4n) is 3.23. The van der Waals surface area contributed by atoms with Gasteiger partial charge in [-0.05, 0) is 18.9 Å². The third-order valence-corrected chi connectivity index (χ3v) is 4.29. The zero-order chi connectivity index (χ0) is 18.0. The molecule has 0 aromatic carbocycles. The lowest BCUT2D eigenvalue weighted by Gasteiger charge is -2.28. The topological polar surface area (TPSA) is 104 Å². The molecule has 0 saturated carbocycles. The molecule has 0 aliphatic carbocycles. The summed E-state index contributed by atoms with van der Waals surface area (Å²) in [5.74, 6) is 0.299. The summed E-state index contributed by atoms with van der Waals surface area (Å²) in [4.78, 5) is 5.96. The first-order chi connectivity index (χ1) is 12.0. The molecule has 0 spiro atoms. The van der Waals surface area contributed by atoms with Crippen LogP contribution in [0.4, 0.5) is 10.2 Å². The van der Waals surface area contributed by atoms with Gasteiger partial charge in [0.05, 0.1) is 38.6 Å². The van der Waals surface area contributed by atoms with Gasteiger partial charge in [-0.2, -0.15) is 0 Å². The maximum atomic E-state index is 13.7. The van der Waals surface area contributed by atoms with E-state index in [-0.39, 0.29) is 18.5 Å². The summed E-state index contributed by atoms with van der Waals surface area (Å²) in [7, 11) is 1.48. The van der Waals surface area contributed by atoms with Gasteiger partial charge in [-0.3, -0.25) is 0 Å². The lowest BCUT2D eigenvalue weighted by atomic mass is 10.1. The molecule has 0 bridgehead atoms. The van der Waals surface area contributed by atoms with Crippen molar-refractivity contribution in [3.05, 3.63) is 29.7 Å². The third-order valence-electron chi connectivity index (χ3n) is 4.29. The van der Waals surface area contributed by atoms with Crippen LogP contribution >= 0.6 is 0 Å². The number of nitrogens with zero attached hydrogens (tertiary/aromatic N) is 4. The minimum atomic E-state index is -0.996. The maximum Gasteiger partial charge on any atom is 0.232 e. The molecule has 0 amide bonds. The van der Waals surface area contributed by atoms with E-state index in [0.717, 1.165) is 19.0 Å². The van der Waals surface area contributed by atoms with Crippen LogP contribution in [-0.4, -0.2) is 56.4 Å². The molecular weight excluding hydrogens is 331 g/mol. The average Bonchev–Trinajstić information content (AvgIpc) is 3.20.